The largest absolute Gasteiger partial charge is 0.328 e. The first-order chi connectivity index (χ1) is 10.4. The van der Waals surface area contributed by atoms with E-state index in [1.807, 2.05) is 10.6 Å². The van der Waals surface area contributed by atoms with Crippen molar-refractivity contribution < 1.29 is 14.4 Å². The summed E-state index contributed by atoms with van der Waals surface area (Å²) < 4.78 is 0.685. The number of imide groups is 2. The van der Waals surface area contributed by atoms with Crippen LogP contribution in [0, 0.1) is 33.5 Å². The van der Waals surface area contributed by atoms with Gasteiger partial charge in [0.2, 0.25) is 11.8 Å². The van der Waals surface area contributed by atoms with Crippen molar-refractivity contribution in [3.05, 3.63) is 34.3 Å². The monoisotopic (exact) mass is 358 g/mol. The Hall–Kier alpha value is -2.71. The van der Waals surface area contributed by atoms with Crippen LogP contribution >= 0.6 is 15.9 Å². The van der Waals surface area contributed by atoms with Crippen molar-refractivity contribution in [2.75, 3.05) is 0 Å². The molecule has 1 unspecified atom stereocenters. The zero-order valence-corrected chi connectivity index (χ0v) is 12.5. The average molecular weight is 359 g/mol. The number of hydrogen-bond acceptors (Lipinski definition) is 5. The van der Waals surface area contributed by atoms with Crippen molar-refractivity contribution in [2.24, 2.45) is 10.8 Å². The number of barbiturate groups is 1. The Kier molecular flexibility index (Phi) is 2.84. The molecule has 1 saturated carbocycles. The zero-order chi connectivity index (χ0) is 16.1. The third-order valence-electron chi connectivity index (χ3n) is 4.11. The fourth-order valence-electron chi connectivity index (χ4n) is 3.15. The minimum Gasteiger partial charge on any atom is -0.277 e. The summed E-state index contributed by atoms with van der Waals surface area (Å²) in [5, 5.41) is 22.8. The molecule has 108 valence electrons. The van der Waals surface area contributed by atoms with Gasteiger partial charge in [0.25, 0.3) is 0 Å². The van der Waals surface area contributed by atoms with E-state index < -0.39 is 34.6 Å². The molecule has 2 N–H and O–H groups in total. The Morgan fingerprint density at radius 3 is 2.18 bits per heavy atom. The summed E-state index contributed by atoms with van der Waals surface area (Å²) in [6, 6.07) is 9.32. The standard InChI is InChI=1S/C14H7BrN4O3/c15-8-3-1-2-7(4-8)9-13(5-16,6-17)14(9)10(20)18-12(22)19-11(14)21/h1-4,9H,(H2,18,19,20,21,22). The van der Waals surface area contributed by atoms with Gasteiger partial charge in [-0.3, -0.25) is 20.2 Å². The molecule has 1 aromatic rings. The molecule has 0 bridgehead atoms. The van der Waals surface area contributed by atoms with Crippen molar-refractivity contribution in [3.63, 3.8) is 0 Å². The fourth-order valence-corrected chi connectivity index (χ4v) is 3.57. The molecule has 1 atom stereocenters. The van der Waals surface area contributed by atoms with Crippen LogP contribution in [0.25, 0.3) is 0 Å². The van der Waals surface area contributed by atoms with Gasteiger partial charge in [-0.05, 0) is 17.7 Å². The molecular weight excluding hydrogens is 352 g/mol. The molecular formula is C14H7BrN4O3. The first kappa shape index (κ1) is 14.2. The highest BCUT2D eigenvalue weighted by molar-refractivity contribution is 9.10. The smallest absolute Gasteiger partial charge is 0.277 e. The van der Waals surface area contributed by atoms with Gasteiger partial charge < -0.3 is 0 Å². The maximum Gasteiger partial charge on any atom is 0.328 e. The van der Waals surface area contributed by atoms with Crippen LogP contribution in [0.3, 0.4) is 0 Å². The Morgan fingerprint density at radius 2 is 1.68 bits per heavy atom. The maximum absolute atomic E-state index is 12.3. The van der Waals surface area contributed by atoms with Crippen LogP contribution in [0.15, 0.2) is 28.7 Å². The predicted molar refractivity (Wildman–Crippen MR) is 74.7 cm³/mol. The lowest BCUT2D eigenvalue weighted by Crippen LogP contribution is -2.59. The van der Waals surface area contributed by atoms with Crippen molar-refractivity contribution in [1.82, 2.24) is 10.6 Å². The molecule has 1 saturated heterocycles. The van der Waals surface area contributed by atoms with Gasteiger partial charge in [-0.1, -0.05) is 28.1 Å². The van der Waals surface area contributed by atoms with Crippen molar-refractivity contribution >= 4 is 33.8 Å². The molecule has 3 rings (SSSR count). The highest BCUT2D eigenvalue weighted by Crippen LogP contribution is 2.74. The van der Waals surface area contributed by atoms with Crippen LogP contribution < -0.4 is 10.6 Å². The van der Waals surface area contributed by atoms with E-state index in [1.165, 1.54) is 0 Å². The number of nitrogens with one attached hydrogen (secondary N) is 2. The second-order valence-corrected chi connectivity index (χ2v) is 5.98. The van der Waals surface area contributed by atoms with Gasteiger partial charge in [0.1, 0.15) is 0 Å². The van der Waals surface area contributed by atoms with Gasteiger partial charge >= 0.3 is 6.03 Å². The number of amides is 4. The Morgan fingerprint density at radius 1 is 1.09 bits per heavy atom. The summed E-state index contributed by atoms with van der Waals surface area (Å²) in [6.45, 7) is 0. The van der Waals surface area contributed by atoms with Crippen molar-refractivity contribution in [3.8, 4) is 12.1 Å². The number of nitrogens with zero attached hydrogens (tertiary/aromatic N) is 2. The molecule has 4 amide bonds. The minimum absolute atomic E-state index is 0.497. The summed E-state index contributed by atoms with van der Waals surface area (Å²) in [7, 11) is 0. The number of carbonyl (C=O) groups excluding carboxylic acids is 3. The molecule has 1 heterocycles. The van der Waals surface area contributed by atoms with Crippen LogP contribution in [0.5, 0.6) is 0 Å². The van der Waals surface area contributed by atoms with E-state index in [-0.39, 0.29) is 0 Å². The lowest BCUT2D eigenvalue weighted by molar-refractivity contribution is -0.139. The molecule has 1 spiro atoms. The van der Waals surface area contributed by atoms with Crippen LogP contribution in [-0.4, -0.2) is 17.8 Å². The van der Waals surface area contributed by atoms with Crippen LogP contribution in [0.2, 0.25) is 0 Å². The second-order valence-electron chi connectivity index (χ2n) is 5.07. The molecule has 1 aromatic carbocycles. The molecule has 1 aliphatic heterocycles. The number of benzene rings is 1. The van der Waals surface area contributed by atoms with E-state index >= 15 is 0 Å². The van der Waals surface area contributed by atoms with E-state index in [0.717, 1.165) is 0 Å². The SMILES string of the molecule is N#CC1(C#N)C(c2cccc(Br)c2)C12C(=O)NC(=O)NC2=O. The molecule has 22 heavy (non-hydrogen) atoms. The Bertz CT molecular complexity index is 786. The number of carbonyl (C=O) groups is 3. The van der Waals surface area contributed by atoms with Crippen molar-refractivity contribution in [2.45, 2.75) is 5.92 Å². The number of hydrogen-bond donors (Lipinski definition) is 2. The first-order valence-electron chi connectivity index (χ1n) is 6.19. The predicted octanol–water partition coefficient (Wildman–Crippen LogP) is 0.932. The fraction of sp³-hybridized carbons (Fsp3) is 0.214. The minimum atomic E-state index is -1.91. The van der Waals surface area contributed by atoms with E-state index in [1.54, 1.807) is 36.4 Å². The summed E-state index contributed by atoms with van der Waals surface area (Å²) in [5.41, 5.74) is -3.26. The third kappa shape index (κ3) is 1.45. The molecule has 8 heteroatoms. The van der Waals surface area contributed by atoms with Crippen LogP contribution in [-0.2, 0) is 9.59 Å². The quantitative estimate of drug-likeness (QED) is 0.722. The topological polar surface area (TPSA) is 123 Å². The molecule has 0 aromatic heterocycles. The number of urea groups is 1. The van der Waals surface area contributed by atoms with Gasteiger partial charge in [-0.15, -0.1) is 0 Å². The number of nitriles is 2. The highest BCUT2D eigenvalue weighted by Gasteiger charge is 2.88. The van der Waals surface area contributed by atoms with Crippen LogP contribution in [0.1, 0.15) is 11.5 Å². The second kappa shape index (κ2) is 4.39. The zero-order valence-electron chi connectivity index (χ0n) is 10.9. The normalized spacial score (nSPS) is 24.0. The summed E-state index contributed by atoms with van der Waals surface area (Å²) in [5.74, 6) is -2.79. The van der Waals surface area contributed by atoms with Gasteiger partial charge in [-0.2, -0.15) is 10.5 Å². The Balaban J connectivity index is 2.21. The first-order valence-corrected chi connectivity index (χ1v) is 6.98. The number of halogens is 1. The van der Waals surface area contributed by atoms with E-state index in [4.69, 9.17) is 0 Å². The molecule has 2 aliphatic rings. The van der Waals surface area contributed by atoms with Crippen LogP contribution in [0.4, 0.5) is 4.79 Å². The van der Waals surface area contributed by atoms with Gasteiger partial charge in [-0.25, -0.2) is 4.79 Å². The Labute approximate surface area is 133 Å². The van der Waals surface area contributed by atoms with Gasteiger partial charge in [0, 0.05) is 10.4 Å². The van der Waals surface area contributed by atoms with E-state index in [2.05, 4.69) is 15.9 Å². The average Bonchev–Trinajstić information content (AvgIpc) is 3.10. The lowest BCUT2D eigenvalue weighted by atomic mass is 9.91. The summed E-state index contributed by atoms with van der Waals surface area (Å²) >= 11 is 3.27. The molecule has 1 aliphatic carbocycles. The number of rotatable bonds is 1. The van der Waals surface area contributed by atoms with Gasteiger partial charge in [0.05, 0.1) is 12.1 Å². The summed E-state index contributed by atoms with van der Waals surface area (Å²) in [4.78, 5) is 35.8. The maximum atomic E-state index is 12.3. The van der Waals surface area contributed by atoms with Gasteiger partial charge in [0.15, 0.2) is 10.8 Å². The molecule has 0 radical (unpaired) electrons. The third-order valence-corrected chi connectivity index (χ3v) is 4.60. The lowest BCUT2D eigenvalue weighted by Gasteiger charge is -2.21. The van der Waals surface area contributed by atoms with E-state index in [9.17, 15) is 24.9 Å². The van der Waals surface area contributed by atoms with Crippen molar-refractivity contribution in [1.29, 1.82) is 10.5 Å². The summed E-state index contributed by atoms with van der Waals surface area (Å²) in [6.07, 6.45) is 0. The molecule has 2 fully saturated rings. The molecule has 7 nitrogen and oxygen atoms in total. The van der Waals surface area contributed by atoms with E-state index in [0.29, 0.717) is 10.0 Å². The highest BCUT2D eigenvalue weighted by atomic mass is 79.9.